The second-order valence-electron chi connectivity index (χ2n) is 0.247. The van der Waals surface area contributed by atoms with Crippen molar-refractivity contribution < 1.29 is 0 Å². The van der Waals surface area contributed by atoms with E-state index in [0.717, 1.165) is 0 Å². The van der Waals surface area contributed by atoms with Crippen molar-refractivity contribution in [2.45, 2.75) is 4.30 Å². The summed E-state index contributed by atoms with van der Waals surface area (Å²) in [6.45, 7) is 0. The molecule has 0 atom stereocenters. The van der Waals surface area contributed by atoms with E-state index in [1.165, 1.54) is 0 Å². The van der Waals surface area contributed by atoms with Crippen LogP contribution in [0.3, 0.4) is 0 Å². The second kappa shape index (κ2) is 5.75. The van der Waals surface area contributed by atoms with Crippen LogP contribution in [0.2, 0.25) is 0 Å². The Kier molecular flexibility index (Phi) is 11.4. The summed E-state index contributed by atoms with van der Waals surface area (Å²) in [6, 6.07) is 0. The average molecular weight is 331 g/mol. The average Bonchev–Trinajstić information content (AvgIpc) is 0.811. The minimum atomic E-state index is -0.750. The van der Waals surface area contributed by atoms with Crippen LogP contribution in [0.15, 0.2) is 0 Å². The molecule has 0 aliphatic carbocycles. The number of halogens is 3. The Bertz CT molecular complexity index is 11.6. The van der Waals surface area contributed by atoms with E-state index in [-0.39, 0.29) is 26.2 Å². The molecule has 0 N–H and O–H groups in total. The fraction of sp³-hybridized carbons (Fsp3) is 1.00. The van der Waals surface area contributed by atoms with Gasteiger partial charge in [0.05, 0.1) is 0 Å². The Balaban J connectivity index is 0. The third-order valence-corrected chi connectivity index (χ3v) is 0. The first kappa shape index (κ1) is 9.89. The predicted octanol–water partition coefficient (Wildman–Crippen LogP) is 0.802. The Labute approximate surface area is 64.9 Å². The fourth-order valence-electron chi connectivity index (χ4n) is 0. The Morgan fingerprint density at radius 1 is 1.00 bits per heavy atom. The van der Waals surface area contributed by atoms with Crippen molar-refractivity contribution in [1.29, 1.82) is 0 Å². The quantitative estimate of drug-likeness (QED) is 0.455. The van der Waals surface area contributed by atoms with Crippen LogP contribution >= 0.6 is 34.8 Å². The maximum atomic E-state index is 4.81. The summed E-state index contributed by atoms with van der Waals surface area (Å²) in [5, 5.41) is 0. The summed E-state index contributed by atoms with van der Waals surface area (Å²) in [6.07, 6.45) is 0. The summed E-state index contributed by atoms with van der Waals surface area (Å²) in [5.41, 5.74) is 0. The van der Waals surface area contributed by atoms with Gasteiger partial charge in [-0.3, -0.25) is 0 Å². The van der Waals surface area contributed by atoms with Crippen LogP contribution in [-0.4, -0.2) is 30.5 Å². The minimum absolute atomic E-state index is 0. The van der Waals surface area contributed by atoms with E-state index >= 15 is 0 Å². The van der Waals surface area contributed by atoms with Crippen molar-refractivity contribution in [2.75, 3.05) is 0 Å². The summed E-state index contributed by atoms with van der Waals surface area (Å²) >= 11 is 14.4. The van der Waals surface area contributed by atoms with Crippen LogP contribution < -0.4 is 0 Å². The summed E-state index contributed by atoms with van der Waals surface area (Å²) in [5.74, 6) is 0. The van der Waals surface area contributed by atoms with E-state index < -0.39 is 4.30 Å². The molecule has 0 saturated carbocycles. The normalized spacial score (nSPS) is 7.20. The molecule has 0 saturated heterocycles. The van der Waals surface area contributed by atoms with Crippen LogP contribution in [0.5, 0.6) is 0 Å². The van der Waals surface area contributed by atoms with Gasteiger partial charge in [0, 0.05) is 0 Å². The van der Waals surface area contributed by atoms with Gasteiger partial charge in [-0.15, -0.1) is 0 Å². The zero-order valence-corrected chi connectivity index (χ0v) is 10.2. The molecule has 0 aromatic rings. The van der Waals surface area contributed by atoms with E-state index in [2.05, 4.69) is 0 Å². The second-order valence-corrected chi connectivity index (χ2v) is 2.23. The van der Waals surface area contributed by atoms with Crippen molar-refractivity contribution in [3.05, 3.63) is 0 Å². The van der Waals surface area contributed by atoms with Crippen LogP contribution in [0.4, 0.5) is 0 Å². The molecule has 34 valence electrons. The molecule has 4 heteroatoms. The summed E-state index contributed by atoms with van der Waals surface area (Å²) in [4.78, 5) is 0. The Morgan fingerprint density at radius 2 is 1.00 bits per heavy atom. The van der Waals surface area contributed by atoms with Gasteiger partial charge in [-0.1, -0.05) is 34.8 Å². The van der Waals surface area contributed by atoms with Crippen LogP contribution in [0, 0.1) is 0 Å². The van der Waals surface area contributed by atoms with Gasteiger partial charge in [-0.2, -0.15) is 0 Å². The first-order chi connectivity index (χ1) is 1.73. The standard InChI is InChI=1S/CHCl3.Bi.3H/c2-1(3)4;;;;/h1H;;;;. The summed E-state index contributed by atoms with van der Waals surface area (Å²) < 4.78 is -0.750. The van der Waals surface area contributed by atoms with Gasteiger partial charge in [-0.25, -0.2) is 0 Å². The van der Waals surface area contributed by atoms with E-state index in [1.807, 2.05) is 0 Å². The molecule has 0 spiro atoms. The topological polar surface area (TPSA) is 0 Å². The van der Waals surface area contributed by atoms with Crippen molar-refractivity contribution in [1.82, 2.24) is 0 Å². The van der Waals surface area contributed by atoms with Crippen molar-refractivity contribution in [2.24, 2.45) is 0 Å². The van der Waals surface area contributed by atoms with Crippen molar-refractivity contribution in [3.8, 4) is 0 Å². The Hall–Kier alpha value is 1.75. The number of hydrogen-bond acceptors (Lipinski definition) is 0. The molecule has 0 aliphatic heterocycles. The number of hydrogen-bond donors (Lipinski definition) is 0. The molecular formula is CH4BiCl3. The van der Waals surface area contributed by atoms with Gasteiger partial charge in [-0.05, 0) is 0 Å². The van der Waals surface area contributed by atoms with Gasteiger partial charge in [0.2, 0.25) is 0 Å². The molecule has 0 fully saturated rings. The van der Waals surface area contributed by atoms with E-state index in [0.29, 0.717) is 0 Å². The molecule has 0 amide bonds. The molecule has 0 aliphatic rings. The predicted molar refractivity (Wildman–Crippen MR) is 31.3 cm³/mol. The number of alkyl halides is 3. The maximum absolute atomic E-state index is 4.81. The molecule has 0 rings (SSSR count). The first-order valence-electron chi connectivity index (χ1n) is 0.655. The molecule has 0 heterocycles. The molecular weight excluding hydrogens is 327 g/mol. The van der Waals surface area contributed by atoms with Gasteiger partial charge in [0.15, 0.2) is 4.30 Å². The first-order valence-corrected chi connectivity index (χ1v) is 1.96. The Morgan fingerprint density at radius 3 is 1.00 bits per heavy atom. The molecule has 0 unspecified atom stereocenters. The van der Waals surface area contributed by atoms with Gasteiger partial charge in [0.1, 0.15) is 0 Å². The fourth-order valence-corrected chi connectivity index (χ4v) is 0. The van der Waals surface area contributed by atoms with E-state index in [9.17, 15) is 0 Å². The zero-order valence-electron chi connectivity index (χ0n) is 2.42. The van der Waals surface area contributed by atoms with Gasteiger partial charge >= 0.3 is 26.2 Å². The molecule has 0 bridgehead atoms. The van der Waals surface area contributed by atoms with Crippen molar-refractivity contribution >= 4 is 61.0 Å². The zero-order chi connectivity index (χ0) is 3.58. The molecule has 0 nitrogen and oxygen atoms in total. The van der Waals surface area contributed by atoms with E-state index in [1.54, 1.807) is 0 Å². The third-order valence-electron chi connectivity index (χ3n) is 0. The van der Waals surface area contributed by atoms with Gasteiger partial charge < -0.3 is 0 Å². The number of rotatable bonds is 0. The third kappa shape index (κ3) is 26.4. The van der Waals surface area contributed by atoms with Crippen LogP contribution in [0.1, 0.15) is 0 Å². The van der Waals surface area contributed by atoms with Crippen LogP contribution in [0.25, 0.3) is 0 Å². The van der Waals surface area contributed by atoms with E-state index in [4.69, 9.17) is 34.8 Å². The van der Waals surface area contributed by atoms with Crippen LogP contribution in [-0.2, 0) is 0 Å². The summed E-state index contributed by atoms with van der Waals surface area (Å²) in [7, 11) is 0. The monoisotopic (exact) mass is 330 g/mol. The molecule has 0 aromatic heterocycles. The van der Waals surface area contributed by atoms with Crippen molar-refractivity contribution in [3.63, 3.8) is 0 Å². The SMILES string of the molecule is ClC(Cl)Cl.[BiH3]. The molecule has 0 aromatic carbocycles. The molecule has 5 heavy (non-hydrogen) atoms. The van der Waals surface area contributed by atoms with Gasteiger partial charge in [0.25, 0.3) is 0 Å². The molecule has 0 radical (unpaired) electrons.